The number of carbonyl (C=O) groups excluding carboxylic acids is 1. The Morgan fingerprint density at radius 2 is 2.06 bits per heavy atom. The zero-order valence-corrected chi connectivity index (χ0v) is 11.4. The number of alkyl halides is 1. The van der Waals surface area contributed by atoms with Crippen molar-refractivity contribution < 1.29 is 14.3 Å². The molecule has 1 aliphatic rings. The van der Waals surface area contributed by atoms with E-state index in [1.165, 1.54) is 0 Å². The monoisotopic (exact) mass is 244 g/mol. The Hall–Kier alpha value is -0.440. The SMILES string of the molecule is CC[C@@H](O)[C@H](C)[C@]1(CC)C[C@H](F)C(=O)[C@H]1CC. The van der Waals surface area contributed by atoms with Crippen LogP contribution in [0.25, 0.3) is 0 Å². The maximum atomic E-state index is 13.7. The van der Waals surface area contributed by atoms with E-state index >= 15 is 0 Å². The van der Waals surface area contributed by atoms with E-state index < -0.39 is 12.3 Å². The summed E-state index contributed by atoms with van der Waals surface area (Å²) in [6.07, 6.45) is 0.612. The molecule has 100 valence electrons. The summed E-state index contributed by atoms with van der Waals surface area (Å²) >= 11 is 0. The summed E-state index contributed by atoms with van der Waals surface area (Å²) in [6, 6.07) is 0. The molecule has 0 aromatic carbocycles. The van der Waals surface area contributed by atoms with Gasteiger partial charge in [-0.3, -0.25) is 4.79 Å². The second-order valence-electron chi connectivity index (χ2n) is 5.39. The predicted molar refractivity (Wildman–Crippen MR) is 66.5 cm³/mol. The van der Waals surface area contributed by atoms with Crippen LogP contribution in [0.1, 0.15) is 53.4 Å². The van der Waals surface area contributed by atoms with E-state index in [2.05, 4.69) is 0 Å². The van der Waals surface area contributed by atoms with Gasteiger partial charge in [-0.1, -0.05) is 27.7 Å². The van der Waals surface area contributed by atoms with Crippen molar-refractivity contribution in [3.63, 3.8) is 0 Å². The second kappa shape index (κ2) is 5.47. The van der Waals surface area contributed by atoms with Gasteiger partial charge in [-0.25, -0.2) is 4.39 Å². The third-order valence-corrected chi connectivity index (χ3v) is 4.87. The number of aliphatic hydroxyl groups excluding tert-OH is 1. The fourth-order valence-electron chi connectivity index (χ4n) is 3.64. The first-order valence-electron chi connectivity index (χ1n) is 6.80. The number of aliphatic hydroxyl groups is 1. The van der Waals surface area contributed by atoms with E-state index in [4.69, 9.17) is 0 Å². The van der Waals surface area contributed by atoms with Crippen molar-refractivity contribution in [3.05, 3.63) is 0 Å². The van der Waals surface area contributed by atoms with Gasteiger partial charge in [0.25, 0.3) is 0 Å². The molecule has 0 saturated heterocycles. The Labute approximate surface area is 104 Å². The fraction of sp³-hybridized carbons (Fsp3) is 0.929. The Morgan fingerprint density at radius 1 is 1.47 bits per heavy atom. The lowest BCUT2D eigenvalue weighted by molar-refractivity contribution is -0.127. The van der Waals surface area contributed by atoms with Crippen LogP contribution in [0.2, 0.25) is 0 Å². The number of carbonyl (C=O) groups is 1. The third-order valence-electron chi connectivity index (χ3n) is 4.87. The highest BCUT2D eigenvalue weighted by Crippen LogP contribution is 2.52. The lowest BCUT2D eigenvalue weighted by atomic mass is 9.64. The maximum Gasteiger partial charge on any atom is 0.170 e. The summed E-state index contributed by atoms with van der Waals surface area (Å²) < 4.78 is 13.7. The summed E-state index contributed by atoms with van der Waals surface area (Å²) in [5, 5.41) is 10.0. The number of halogens is 1. The molecule has 0 heterocycles. The van der Waals surface area contributed by atoms with E-state index in [0.717, 1.165) is 6.42 Å². The highest BCUT2D eigenvalue weighted by molar-refractivity contribution is 5.88. The van der Waals surface area contributed by atoms with Crippen molar-refractivity contribution in [2.24, 2.45) is 17.3 Å². The molecule has 1 rings (SSSR count). The first-order valence-corrected chi connectivity index (χ1v) is 6.80. The molecule has 0 unspecified atom stereocenters. The molecule has 2 nitrogen and oxygen atoms in total. The molecule has 1 aliphatic carbocycles. The summed E-state index contributed by atoms with van der Waals surface area (Å²) in [7, 11) is 0. The summed E-state index contributed by atoms with van der Waals surface area (Å²) in [5.41, 5.74) is -0.347. The van der Waals surface area contributed by atoms with Crippen LogP contribution in [-0.2, 0) is 4.79 Å². The molecule has 17 heavy (non-hydrogen) atoms. The van der Waals surface area contributed by atoms with E-state index in [0.29, 0.717) is 19.3 Å². The minimum Gasteiger partial charge on any atom is -0.393 e. The highest BCUT2D eigenvalue weighted by Gasteiger charge is 2.55. The fourth-order valence-corrected chi connectivity index (χ4v) is 3.64. The van der Waals surface area contributed by atoms with Crippen molar-refractivity contribution in [3.8, 4) is 0 Å². The quantitative estimate of drug-likeness (QED) is 0.806. The van der Waals surface area contributed by atoms with Crippen LogP contribution < -0.4 is 0 Å². The summed E-state index contributed by atoms with van der Waals surface area (Å²) in [5.74, 6) is -0.490. The minimum atomic E-state index is -1.33. The lowest BCUT2D eigenvalue weighted by Crippen LogP contribution is -2.40. The van der Waals surface area contributed by atoms with Crippen molar-refractivity contribution in [2.45, 2.75) is 65.7 Å². The Kier molecular flexibility index (Phi) is 4.70. The molecule has 0 spiro atoms. The standard InChI is InChI=1S/C14H25FO2/c1-5-10-13(17)11(15)8-14(10,7-3)9(4)12(16)6-2/h9-12,16H,5-8H2,1-4H3/t9-,10+,11-,12+,14-/m0/s1. The van der Waals surface area contributed by atoms with Crippen molar-refractivity contribution >= 4 is 5.78 Å². The molecule has 0 amide bonds. The Balaban J connectivity index is 3.06. The molecular weight excluding hydrogens is 219 g/mol. The number of Topliss-reactive ketones (excluding diaryl/α,β-unsaturated/α-hetero) is 1. The van der Waals surface area contributed by atoms with E-state index in [1.54, 1.807) is 0 Å². The molecule has 1 fully saturated rings. The first kappa shape index (κ1) is 14.6. The van der Waals surface area contributed by atoms with Crippen LogP contribution in [0.15, 0.2) is 0 Å². The van der Waals surface area contributed by atoms with Gasteiger partial charge in [-0.15, -0.1) is 0 Å². The van der Waals surface area contributed by atoms with Gasteiger partial charge in [0.15, 0.2) is 12.0 Å². The lowest BCUT2D eigenvalue weighted by Gasteiger charge is -2.41. The number of hydrogen-bond donors (Lipinski definition) is 1. The number of hydrogen-bond acceptors (Lipinski definition) is 2. The van der Waals surface area contributed by atoms with Crippen LogP contribution in [-0.4, -0.2) is 23.2 Å². The zero-order chi connectivity index (χ0) is 13.2. The maximum absolute atomic E-state index is 13.7. The summed E-state index contributed by atoms with van der Waals surface area (Å²) in [6.45, 7) is 7.84. The van der Waals surface area contributed by atoms with Crippen LogP contribution >= 0.6 is 0 Å². The molecule has 5 atom stereocenters. The van der Waals surface area contributed by atoms with E-state index in [9.17, 15) is 14.3 Å². The smallest absolute Gasteiger partial charge is 0.170 e. The van der Waals surface area contributed by atoms with Gasteiger partial charge in [-0.05, 0) is 37.0 Å². The minimum absolute atomic E-state index is 0.0212. The van der Waals surface area contributed by atoms with Crippen LogP contribution in [0.5, 0.6) is 0 Å². The molecule has 0 bridgehead atoms. The van der Waals surface area contributed by atoms with Gasteiger partial charge in [0, 0.05) is 5.92 Å². The largest absolute Gasteiger partial charge is 0.393 e. The molecule has 0 aromatic heterocycles. The molecule has 3 heteroatoms. The normalized spacial score (nSPS) is 37.2. The highest BCUT2D eigenvalue weighted by atomic mass is 19.1. The third kappa shape index (κ3) is 2.26. The van der Waals surface area contributed by atoms with E-state index in [-0.39, 0.29) is 23.0 Å². The van der Waals surface area contributed by atoms with Gasteiger partial charge >= 0.3 is 0 Å². The van der Waals surface area contributed by atoms with Gasteiger partial charge < -0.3 is 5.11 Å². The number of rotatable bonds is 5. The molecule has 0 radical (unpaired) electrons. The molecule has 0 aliphatic heterocycles. The topological polar surface area (TPSA) is 37.3 Å². The second-order valence-corrected chi connectivity index (χ2v) is 5.39. The summed E-state index contributed by atoms with van der Waals surface area (Å²) in [4.78, 5) is 11.9. The predicted octanol–water partition coefficient (Wildman–Crippen LogP) is 3.13. The van der Waals surface area contributed by atoms with Crippen LogP contribution in [0.4, 0.5) is 4.39 Å². The molecule has 0 aromatic rings. The van der Waals surface area contributed by atoms with Crippen LogP contribution in [0.3, 0.4) is 0 Å². The van der Waals surface area contributed by atoms with Crippen molar-refractivity contribution in [1.82, 2.24) is 0 Å². The van der Waals surface area contributed by atoms with Gasteiger partial charge in [0.1, 0.15) is 0 Å². The van der Waals surface area contributed by atoms with Crippen LogP contribution in [0, 0.1) is 17.3 Å². The van der Waals surface area contributed by atoms with Gasteiger partial charge in [0.2, 0.25) is 0 Å². The molecule has 1 N–H and O–H groups in total. The number of ketones is 1. The first-order chi connectivity index (χ1) is 7.94. The average molecular weight is 244 g/mol. The Bertz CT molecular complexity index is 279. The molecule has 1 saturated carbocycles. The zero-order valence-electron chi connectivity index (χ0n) is 11.4. The van der Waals surface area contributed by atoms with Crippen molar-refractivity contribution in [2.75, 3.05) is 0 Å². The Morgan fingerprint density at radius 3 is 2.47 bits per heavy atom. The van der Waals surface area contributed by atoms with Gasteiger partial charge in [-0.2, -0.15) is 0 Å². The average Bonchev–Trinajstić information content (AvgIpc) is 2.60. The van der Waals surface area contributed by atoms with Gasteiger partial charge in [0.05, 0.1) is 6.10 Å². The molecular formula is C14H25FO2. The van der Waals surface area contributed by atoms with Crippen molar-refractivity contribution in [1.29, 1.82) is 0 Å². The van der Waals surface area contributed by atoms with E-state index in [1.807, 2.05) is 27.7 Å².